The Morgan fingerprint density at radius 2 is 2.29 bits per heavy atom. The van der Waals surface area contributed by atoms with Crippen molar-refractivity contribution in [2.24, 2.45) is 12.8 Å². The Labute approximate surface area is 123 Å². The number of aryl methyl sites for hydroxylation is 2. The van der Waals surface area contributed by atoms with Crippen molar-refractivity contribution in [3.05, 3.63) is 47.0 Å². The number of hydrogen-bond acceptors (Lipinski definition) is 4. The Balaban J connectivity index is 2.17. The average molecular weight is 283 g/mol. The van der Waals surface area contributed by atoms with E-state index in [1.54, 1.807) is 17.0 Å². The highest BCUT2D eigenvalue weighted by atomic mass is 16.1. The Morgan fingerprint density at radius 3 is 2.95 bits per heavy atom. The van der Waals surface area contributed by atoms with Crippen molar-refractivity contribution in [2.45, 2.75) is 13.5 Å². The quantitative estimate of drug-likeness (QED) is 0.797. The van der Waals surface area contributed by atoms with Gasteiger partial charge in [0.1, 0.15) is 6.33 Å². The fourth-order valence-electron chi connectivity index (χ4n) is 1.83. The number of nitrogens with zero attached hydrogens (tertiary/aromatic N) is 3. The summed E-state index contributed by atoms with van der Waals surface area (Å²) in [6.45, 7) is 2.52. The van der Waals surface area contributed by atoms with E-state index in [1.807, 2.05) is 26.1 Å². The summed E-state index contributed by atoms with van der Waals surface area (Å²) in [6, 6.07) is 5.52. The number of hydrogen-bond donors (Lipinski definition) is 2. The van der Waals surface area contributed by atoms with Crippen molar-refractivity contribution < 1.29 is 4.79 Å². The van der Waals surface area contributed by atoms with Crippen LogP contribution in [-0.2, 0) is 13.6 Å². The number of amides is 1. The van der Waals surface area contributed by atoms with Crippen LogP contribution in [0.1, 0.15) is 27.3 Å². The maximum atomic E-state index is 12.3. The maximum Gasteiger partial charge on any atom is 0.252 e. The zero-order chi connectivity index (χ0) is 15.2. The summed E-state index contributed by atoms with van der Waals surface area (Å²) in [5.74, 6) is 6.20. The monoisotopic (exact) mass is 283 g/mol. The van der Waals surface area contributed by atoms with Gasteiger partial charge in [0.15, 0.2) is 5.82 Å². The van der Waals surface area contributed by atoms with Gasteiger partial charge in [-0.15, -0.1) is 10.2 Å². The van der Waals surface area contributed by atoms with E-state index in [1.165, 1.54) is 0 Å². The van der Waals surface area contributed by atoms with Crippen molar-refractivity contribution in [1.82, 2.24) is 20.1 Å². The van der Waals surface area contributed by atoms with E-state index >= 15 is 0 Å². The fourth-order valence-corrected chi connectivity index (χ4v) is 1.83. The molecular weight excluding hydrogens is 266 g/mol. The Kier molecular flexibility index (Phi) is 4.69. The lowest BCUT2D eigenvalue weighted by molar-refractivity contribution is 0.0949. The molecule has 0 fully saturated rings. The molecule has 1 aromatic heterocycles. The second kappa shape index (κ2) is 6.68. The predicted molar refractivity (Wildman–Crippen MR) is 79.3 cm³/mol. The smallest absolute Gasteiger partial charge is 0.252 e. The molecule has 1 amide bonds. The number of carbonyl (C=O) groups is 1. The molecule has 0 atom stereocenters. The third-order valence-electron chi connectivity index (χ3n) is 2.96. The highest BCUT2D eigenvalue weighted by Crippen LogP contribution is 2.11. The summed E-state index contributed by atoms with van der Waals surface area (Å²) in [7, 11) is 1.82. The van der Waals surface area contributed by atoms with Crippen LogP contribution in [0.15, 0.2) is 24.5 Å². The Hall–Kier alpha value is -2.65. The highest BCUT2D eigenvalue weighted by Gasteiger charge is 2.11. The minimum absolute atomic E-state index is 0.195. The van der Waals surface area contributed by atoms with Gasteiger partial charge in [-0.2, -0.15) is 0 Å². The van der Waals surface area contributed by atoms with Gasteiger partial charge in [0, 0.05) is 12.6 Å². The molecule has 6 heteroatoms. The fraction of sp³-hybridized carbons (Fsp3) is 0.267. The van der Waals surface area contributed by atoms with Gasteiger partial charge in [-0.25, -0.2) is 0 Å². The molecule has 0 aliphatic heterocycles. The minimum atomic E-state index is -0.195. The first-order chi connectivity index (χ1) is 10.1. The molecule has 108 valence electrons. The SMILES string of the molecule is Cc1ccc(C(=O)NCc2nncn2C)c(C#CCN)c1. The first-order valence-corrected chi connectivity index (χ1v) is 6.52. The van der Waals surface area contributed by atoms with Crippen molar-refractivity contribution in [2.75, 3.05) is 6.54 Å². The molecule has 2 rings (SSSR count). The zero-order valence-electron chi connectivity index (χ0n) is 12.1. The molecule has 0 aliphatic rings. The lowest BCUT2D eigenvalue weighted by atomic mass is 10.0. The molecule has 1 heterocycles. The van der Waals surface area contributed by atoms with Crippen LogP contribution in [0.25, 0.3) is 0 Å². The zero-order valence-corrected chi connectivity index (χ0v) is 12.1. The van der Waals surface area contributed by atoms with Crippen molar-refractivity contribution >= 4 is 5.91 Å². The molecule has 2 aromatic rings. The van der Waals surface area contributed by atoms with E-state index in [-0.39, 0.29) is 12.5 Å². The van der Waals surface area contributed by atoms with Crippen LogP contribution in [0.2, 0.25) is 0 Å². The Morgan fingerprint density at radius 1 is 1.48 bits per heavy atom. The topological polar surface area (TPSA) is 85.8 Å². The van der Waals surface area contributed by atoms with Crippen LogP contribution in [0.4, 0.5) is 0 Å². The van der Waals surface area contributed by atoms with Gasteiger partial charge >= 0.3 is 0 Å². The summed E-state index contributed by atoms with van der Waals surface area (Å²) in [5, 5.41) is 10.5. The molecule has 6 nitrogen and oxygen atoms in total. The first kappa shape index (κ1) is 14.8. The summed E-state index contributed by atoms with van der Waals surface area (Å²) >= 11 is 0. The van der Waals surface area contributed by atoms with Crippen LogP contribution in [0, 0.1) is 18.8 Å². The number of carbonyl (C=O) groups excluding carboxylic acids is 1. The van der Waals surface area contributed by atoms with Crippen LogP contribution in [-0.4, -0.2) is 27.2 Å². The molecular formula is C15H17N5O. The molecule has 0 bridgehead atoms. The summed E-state index contributed by atoms with van der Waals surface area (Å²) in [5.41, 5.74) is 7.64. The molecule has 0 saturated heterocycles. The molecule has 1 aromatic carbocycles. The number of benzene rings is 1. The number of nitrogens with one attached hydrogen (secondary N) is 1. The lowest BCUT2D eigenvalue weighted by Gasteiger charge is -2.07. The van der Waals surface area contributed by atoms with Gasteiger partial charge in [0.25, 0.3) is 5.91 Å². The minimum Gasteiger partial charge on any atom is -0.345 e. The largest absolute Gasteiger partial charge is 0.345 e. The lowest BCUT2D eigenvalue weighted by Crippen LogP contribution is -2.25. The van der Waals surface area contributed by atoms with Gasteiger partial charge in [-0.05, 0) is 24.6 Å². The second-order valence-electron chi connectivity index (χ2n) is 4.60. The van der Waals surface area contributed by atoms with Crippen LogP contribution in [0.3, 0.4) is 0 Å². The van der Waals surface area contributed by atoms with Crippen molar-refractivity contribution in [3.63, 3.8) is 0 Å². The van der Waals surface area contributed by atoms with Gasteiger partial charge in [0.05, 0.1) is 18.7 Å². The van der Waals surface area contributed by atoms with Crippen LogP contribution >= 0.6 is 0 Å². The van der Waals surface area contributed by atoms with E-state index in [4.69, 9.17) is 5.73 Å². The van der Waals surface area contributed by atoms with E-state index < -0.39 is 0 Å². The molecule has 0 unspecified atom stereocenters. The third kappa shape index (κ3) is 3.68. The second-order valence-corrected chi connectivity index (χ2v) is 4.60. The molecule has 0 spiro atoms. The molecule has 21 heavy (non-hydrogen) atoms. The Bertz CT molecular complexity index is 708. The number of nitrogens with two attached hydrogens (primary N) is 1. The third-order valence-corrected chi connectivity index (χ3v) is 2.96. The van der Waals surface area contributed by atoms with Crippen molar-refractivity contribution in [1.29, 1.82) is 0 Å². The van der Waals surface area contributed by atoms with Gasteiger partial charge < -0.3 is 15.6 Å². The molecule has 0 saturated carbocycles. The number of rotatable bonds is 3. The van der Waals surface area contributed by atoms with Crippen LogP contribution in [0.5, 0.6) is 0 Å². The maximum absolute atomic E-state index is 12.3. The molecule has 0 radical (unpaired) electrons. The van der Waals surface area contributed by atoms with Crippen LogP contribution < -0.4 is 11.1 Å². The van der Waals surface area contributed by atoms with E-state index in [0.717, 1.165) is 5.56 Å². The summed E-state index contributed by atoms with van der Waals surface area (Å²) in [6.07, 6.45) is 1.59. The number of aromatic nitrogens is 3. The van der Waals surface area contributed by atoms with E-state index in [9.17, 15) is 4.79 Å². The summed E-state index contributed by atoms with van der Waals surface area (Å²) in [4.78, 5) is 12.3. The van der Waals surface area contributed by atoms with Crippen molar-refractivity contribution in [3.8, 4) is 11.8 Å². The summed E-state index contributed by atoms with van der Waals surface area (Å²) < 4.78 is 1.75. The molecule has 0 aliphatic carbocycles. The van der Waals surface area contributed by atoms with E-state index in [2.05, 4.69) is 27.4 Å². The standard InChI is InChI=1S/C15H17N5O/c1-11-5-6-13(12(8-11)4-3-7-16)15(21)17-9-14-19-18-10-20(14)2/h5-6,8,10H,7,9,16H2,1-2H3,(H,17,21). The predicted octanol–water partition coefficient (Wildman–Crippen LogP) is 0.364. The van der Waals surface area contributed by atoms with Gasteiger partial charge in [0.2, 0.25) is 0 Å². The first-order valence-electron chi connectivity index (χ1n) is 6.52. The molecule has 3 N–H and O–H groups in total. The highest BCUT2D eigenvalue weighted by molar-refractivity contribution is 5.96. The van der Waals surface area contributed by atoms with Gasteiger partial charge in [-0.3, -0.25) is 4.79 Å². The van der Waals surface area contributed by atoms with Gasteiger partial charge in [-0.1, -0.05) is 17.9 Å². The normalized spacial score (nSPS) is 9.86. The van der Waals surface area contributed by atoms with E-state index in [0.29, 0.717) is 23.5 Å². The average Bonchev–Trinajstić information content (AvgIpc) is 2.88.